The molecule has 1 aromatic heterocycles. The molecule has 0 atom stereocenters. The highest BCUT2D eigenvalue weighted by Gasteiger charge is 2.33. The SMILES string of the molecule is O=C(NCC(F)(F)F)c1cc(C2CCN(S(=O)(=O)c3ccccc3F)CC2)[nH]n1. The summed E-state index contributed by atoms with van der Waals surface area (Å²) in [7, 11) is -3.97. The van der Waals surface area contributed by atoms with E-state index >= 15 is 0 Å². The Kier molecular flexibility index (Phi) is 5.94. The number of carbonyl (C=O) groups excluding carboxylic acids is 1. The van der Waals surface area contributed by atoms with Gasteiger partial charge in [-0.1, -0.05) is 12.1 Å². The summed E-state index contributed by atoms with van der Waals surface area (Å²) < 4.78 is 76.9. The topological polar surface area (TPSA) is 95.2 Å². The van der Waals surface area contributed by atoms with Gasteiger partial charge in [0.2, 0.25) is 10.0 Å². The number of aromatic nitrogens is 2. The molecule has 29 heavy (non-hydrogen) atoms. The Balaban J connectivity index is 1.62. The van der Waals surface area contributed by atoms with Gasteiger partial charge in [-0.15, -0.1) is 0 Å². The van der Waals surface area contributed by atoms with Crippen LogP contribution in [0.2, 0.25) is 0 Å². The van der Waals surface area contributed by atoms with Crippen LogP contribution in [0, 0.1) is 5.82 Å². The molecule has 2 aromatic rings. The molecule has 2 heterocycles. The number of nitrogens with one attached hydrogen (secondary N) is 2. The van der Waals surface area contributed by atoms with Crippen molar-refractivity contribution in [2.24, 2.45) is 0 Å². The van der Waals surface area contributed by atoms with E-state index in [1.54, 1.807) is 5.32 Å². The zero-order valence-electron chi connectivity index (χ0n) is 15.0. The second kappa shape index (κ2) is 8.11. The lowest BCUT2D eigenvalue weighted by Crippen LogP contribution is -2.38. The van der Waals surface area contributed by atoms with E-state index in [4.69, 9.17) is 0 Å². The van der Waals surface area contributed by atoms with Crippen LogP contribution in [0.3, 0.4) is 0 Å². The number of hydrogen-bond acceptors (Lipinski definition) is 4. The number of piperidine rings is 1. The Hall–Kier alpha value is -2.47. The smallest absolute Gasteiger partial charge is 0.342 e. The van der Waals surface area contributed by atoms with Gasteiger partial charge in [0.15, 0.2) is 0 Å². The van der Waals surface area contributed by atoms with Crippen LogP contribution >= 0.6 is 0 Å². The van der Waals surface area contributed by atoms with Crippen LogP contribution in [0.25, 0.3) is 0 Å². The highest BCUT2D eigenvalue weighted by molar-refractivity contribution is 7.89. The zero-order chi connectivity index (χ0) is 21.2. The Morgan fingerprint density at radius 1 is 1.24 bits per heavy atom. The van der Waals surface area contributed by atoms with E-state index in [0.29, 0.717) is 18.5 Å². The van der Waals surface area contributed by atoms with Crippen LogP contribution in [-0.2, 0) is 10.0 Å². The average Bonchev–Trinajstić information content (AvgIpc) is 3.16. The van der Waals surface area contributed by atoms with Gasteiger partial charge in [0.05, 0.1) is 0 Å². The maximum atomic E-state index is 13.9. The van der Waals surface area contributed by atoms with Crippen LogP contribution < -0.4 is 5.32 Å². The number of amides is 1. The number of halogens is 4. The minimum atomic E-state index is -4.52. The van der Waals surface area contributed by atoms with Crippen LogP contribution in [0.5, 0.6) is 0 Å². The fraction of sp³-hybridized carbons (Fsp3) is 0.412. The number of alkyl halides is 3. The van der Waals surface area contributed by atoms with E-state index < -0.39 is 34.5 Å². The minimum absolute atomic E-state index is 0.135. The monoisotopic (exact) mass is 434 g/mol. The quantitative estimate of drug-likeness (QED) is 0.707. The fourth-order valence-corrected chi connectivity index (χ4v) is 4.67. The molecule has 0 bridgehead atoms. The number of rotatable bonds is 5. The predicted molar refractivity (Wildman–Crippen MR) is 94.1 cm³/mol. The van der Waals surface area contributed by atoms with Crippen molar-refractivity contribution in [2.75, 3.05) is 19.6 Å². The highest BCUT2D eigenvalue weighted by atomic mass is 32.2. The second-order valence-electron chi connectivity index (χ2n) is 6.62. The van der Waals surface area contributed by atoms with Crippen LogP contribution in [0.4, 0.5) is 17.6 Å². The molecule has 2 N–H and O–H groups in total. The molecule has 0 saturated carbocycles. The second-order valence-corrected chi connectivity index (χ2v) is 8.52. The summed E-state index contributed by atoms with van der Waals surface area (Å²) in [6.45, 7) is -1.19. The van der Waals surface area contributed by atoms with Crippen molar-refractivity contribution in [2.45, 2.75) is 29.8 Å². The third kappa shape index (κ3) is 4.93. The molecule has 1 aromatic carbocycles. The molecule has 12 heteroatoms. The van der Waals surface area contributed by atoms with Crippen LogP contribution in [0.1, 0.15) is 34.9 Å². The minimum Gasteiger partial charge on any atom is -0.342 e. The maximum absolute atomic E-state index is 13.9. The van der Waals surface area contributed by atoms with Crippen LogP contribution in [-0.4, -0.2) is 54.6 Å². The van der Waals surface area contributed by atoms with Crippen LogP contribution in [0.15, 0.2) is 35.2 Å². The van der Waals surface area contributed by atoms with Crippen molar-refractivity contribution in [1.82, 2.24) is 19.8 Å². The van der Waals surface area contributed by atoms with Gasteiger partial charge in [0.1, 0.15) is 23.0 Å². The van der Waals surface area contributed by atoms with E-state index in [1.165, 1.54) is 28.6 Å². The summed E-state index contributed by atoms with van der Waals surface area (Å²) in [5.74, 6) is -1.93. The first-order valence-corrected chi connectivity index (χ1v) is 10.2. The lowest BCUT2D eigenvalue weighted by atomic mass is 9.94. The molecule has 7 nitrogen and oxygen atoms in total. The van der Waals surface area contributed by atoms with Gasteiger partial charge in [-0.3, -0.25) is 9.89 Å². The van der Waals surface area contributed by atoms with Crippen molar-refractivity contribution in [1.29, 1.82) is 0 Å². The number of H-pyrrole nitrogens is 1. The molecule has 1 aliphatic heterocycles. The third-order valence-electron chi connectivity index (χ3n) is 4.63. The largest absolute Gasteiger partial charge is 0.405 e. The lowest BCUT2D eigenvalue weighted by Gasteiger charge is -2.30. The molecule has 1 amide bonds. The number of benzene rings is 1. The summed E-state index contributed by atoms with van der Waals surface area (Å²) in [5.41, 5.74) is 0.357. The molecule has 3 rings (SSSR count). The summed E-state index contributed by atoms with van der Waals surface area (Å²) in [4.78, 5) is 11.4. The fourth-order valence-electron chi connectivity index (χ4n) is 3.13. The van der Waals surface area contributed by atoms with Gasteiger partial charge in [0.25, 0.3) is 5.91 Å². The van der Waals surface area contributed by atoms with E-state index in [2.05, 4.69) is 10.2 Å². The Morgan fingerprint density at radius 2 is 1.90 bits per heavy atom. The summed E-state index contributed by atoms with van der Waals surface area (Å²) >= 11 is 0. The van der Waals surface area contributed by atoms with E-state index in [1.807, 2.05) is 0 Å². The molecular formula is C17H18F4N4O3S. The Labute approximate surface area is 164 Å². The molecule has 1 aliphatic rings. The molecule has 1 saturated heterocycles. The van der Waals surface area contributed by atoms with Crippen molar-refractivity contribution in [3.8, 4) is 0 Å². The first-order chi connectivity index (χ1) is 13.6. The standard InChI is InChI=1S/C17H18F4N4O3S/c18-12-3-1-2-4-15(12)29(27,28)25-7-5-11(6-8-25)13-9-14(24-23-13)16(26)22-10-17(19,20)21/h1-4,9,11H,5-8,10H2,(H,22,26)(H,23,24). The Morgan fingerprint density at radius 3 is 2.52 bits per heavy atom. The number of aromatic amines is 1. The van der Waals surface area contributed by atoms with Crippen molar-refractivity contribution in [3.63, 3.8) is 0 Å². The molecule has 0 spiro atoms. The summed E-state index contributed by atoms with van der Waals surface area (Å²) in [5, 5.41) is 8.10. The molecule has 0 unspecified atom stereocenters. The van der Waals surface area contributed by atoms with Gasteiger partial charge in [-0.25, -0.2) is 12.8 Å². The summed E-state index contributed by atoms with van der Waals surface area (Å²) in [6.07, 6.45) is -3.75. The zero-order valence-corrected chi connectivity index (χ0v) is 15.9. The maximum Gasteiger partial charge on any atom is 0.405 e. The van der Waals surface area contributed by atoms with Gasteiger partial charge >= 0.3 is 6.18 Å². The van der Waals surface area contributed by atoms with Crippen molar-refractivity contribution >= 4 is 15.9 Å². The number of nitrogens with zero attached hydrogens (tertiary/aromatic N) is 2. The number of hydrogen-bond donors (Lipinski definition) is 2. The van der Waals surface area contributed by atoms with Crippen molar-refractivity contribution < 1.29 is 30.8 Å². The molecule has 0 radical (unpaired) electrons. The molecule has 158 valence electrons. The summed E-state index contributed by atoms with van der Waals surface area (Å²) in [6, 6.07) is 6.49. The lowest BCUT2D eigenvalue weighted by molar-refractivity contribution is -0.123. The first kappa shape index (κ1) is 21.2. The number of sulfonamides is 1. The van der Waals surface area contributed by atoms with Gasteiger partial charge in [-0.2, -0.15) is 22.6 Å². The van der Waals surface area contributed by atoms with E-state index in [0.717, 1.165) is 6.07 Å². The Bertz CT molecular complexity index is 983. The number of carbonyl (C=O) groups is 1. The van der Waals surface area contributed by atoms with E-state index in [9.17, 15) is 30.8 Å². The van der Waals surface area contributed by atoms with E-state index in [-0.39, 0.29) is 29.6 Å². The molecule has 1 fully saturated rings. The highest BCUT2D eigenvalue weighted by Crippen LogP contribution is 2.30. The molecule has 0 aliphatic carbocycles. The molecular weight excluding hydrogens is 416 g/mol. The normalized spacial score (nSPS) is 16.7. The van der Waals surface area contributed by atoms with Crippen molar-refractivity contribution in [3.05, 3.63) is 47.5 Å². The first-order valence-electron chi connectivity index (χ1n) is 8.73. The predicted octanol–water partition coefficient (Wildman–Crippen LogP) is 2.41. The van der Waals surface area contributed by atoms with Gasteiger partial charge in [-0.05, 0) is 31.0 Å². The van der Waals surface area contributed by atoms with Gasteiger partial charge in [0, 0.05) is 24.7 Å². The average molecular weight is 434 g/mol. The van der Waals surface area contributed by atoms with Gasteiger partial charge < -0.3 is 5.32 Å². The third-order valence-corrected chi connectivity index (χ3v) is 6.56.